The number of ether oxygens (including phenoxy) is 1. The van der Waals surface area contributed by atoms with Crippen LogP contribution >= 0.6 is 0 Å². The van der Waals surface area contributed by atoms with Crippen molar-refractivity contribution < 1.29 is 14.3 Å². The summed E-state index contributed by atoms with van der Waals surface area (Å²) in [5.74, 6) is 0.592. The molecule has 0 spiro atoms. The number of hydrogen-bond acceptors (Lipinski definition) is 4. The van der Waals surface area contributed by atoms with E-state index in [0.29, 0.717) is 18.7 Å². The molecule has 0 radical (unpaired) electrons. The van der Waals surface area contributed by atoms with E-state index in [2.05, 4.69) is 10.6 Å². The number of hydrogen-bond donors (Lipinski definition) is 2. The Morgan fingerprint density at radius 1 is 1.15 bits per heavy atom. The molecule has 0 bridgehead atoms. The van der Waals surface area contributed by atoms with E-state index in [1.807, 2.05) is 48.5 Å². The summed E-state index contributed by atoms with van der Waals surface area (Å²) >= 11 is 0. The van der Waals surface area contributed by atoms with E-state index in [-0.39, 0.29) is 11.8 Å². The molecule has 2 amide bonds. The Kier molecular flexibility index (Phi) is 5.41. The number of benzene rings is 2. The molecule has 2 aromatic rings. The van der Waals surface area contributed by atoms with Gasteiger partial charge in [-0.3, -0.25) is 9.59 Å². The minimum Gasteiger partial charge on any atom is -0.494 e. The molecule has 6 nitrogen and oxygen atoms in total. The van der Waals surface area contributed by atoms with Crippen LogP contribution < -0.4 is 20.3 Å². The van der Waals surface area contributed by atoms with E-state index in [1.165, 1.54) is 0 Å². The number of nitrogens with zero attached hydrogens (tertiary/aromatic N) is 1. The fourth-order valence-corrected chi connectivity index (χ4v) is 2.98. The smallest absolute Gasteiger partial charge is 0.246 e. The molecular formula is C20H23N3O3. The zero-order valence-electron chi connectivity index (χ0n) is 15.0. The first kappa shape index (κ1) is 17.8. The SMILES string of the molecule is COc1cc(N[C@@H](C)C(=O)Nc2ccccc2)ccc1N1CCCC1=O. The Hall–Kier alpha value is -3.02. The van der Waals surface area contributed by atoms with Crippen molar-refractivity contribution in [1.29, 1.82) is 0 Å². The number of carbonyl (C=O) groups excluding carboxylic acids is 2. The maximum Gasteiger partial charge on any atom is 0.246 e. The van der Waals surface area contributed by atoms with Gasteiger partial charge in [-0.05, 0) is 37.6 Å². The van der Waals surface area contributed by atoms with Gasteiger partial charge in [0.2, 0.25) is 11.8 Å². The molecule has 1 aliphatic rings. The summed E-state index contributed by atoms with van der Waals surface area (Å²) in [6, 6.07) is 14.4. The molecule has 1 aliphatic heterocycles. The lowest BCUT2D eigenvalue weighted by Crippen LogP contribution is -2.32. The van der Waals surface area contributed by atoms with E-state index in [4.69, 9.17) is 4.74 Å². The molecular weight excluding hydrogens is 330 g/mol. The largest absolute Gasteiger partial charge is 0.494 e. The van der Waals surface area contributed by atoms with Crippen LogP contribution in [-0.4, -0.2) is 31.5 Å². The number of para-hydroxylation sites is 1. The third-order valence-corrected chi connectivity index (χ3v) is 4.36. The van der Waals surface area contributed by atoms with Gasteiger partial charge in [0.05, 0.1) is 12.8 Å². The highest BCUT2D eigenvalue weighted by molar-refractivity contribution is 5.98. The lowest BCUT2D eigenvalue weighted by Gasteiger charge is -2.21. The molecule has 0 saturated carbocycles. The Morgan fingerprint density at radius 3 is 2.58 bits per heavy atom. The maximum absolute atomic E-state index is 12.3. The van der Waals surface area contributed by atoms with Crippen LogP contribution in [0.4, 0.5) is 17.1 Å². The van der Waals surface area contributed by atoms with Crippen molar-refractivity contribution in [1.82, 2.24) is 0 Å². The van der Waals surface area contributed by atoms with Crippen molar-refractivity contribution >= 4 is 28.9 Å². The van der Waals surface area contributed by atoms with E-state index in [0.717, 1.165) is 23.5 Å². The molecule has 1 saturated heterocycles. The van der Waals surface area contributed by atoms with Gasteiger partial charge >= 0.3 is 0 Å². The monoisotopic (exact) mass is 353 g/mol. The highest BCUT2D eigenvalue weighted by atomic mass is 16.5. The summed E-state index contributed by atoms with van der Waals surface area (Å²) in [5, 5.41) is 6.04. The van der Waals surface area contributed by atoms with Crippen LogP contribution in [0.3, 0.4) is 0 Å². The number of nitrogens with one attached hydrogen (secondary N) is 2. The van der Waals surface area contributed by atoms with Crippen molar-refractivity contribution in [3.05, 3.63) is 48.5 Å². The van der Waals surface area contributed by atoms with E-state index in [1.54, 1.807) is 18.9 Å². The molecule has 26 heavy (non-hydrogen) atoms. The number of rotatable bonds is 6. The summed E-state index contributed by atoms with van der Waals surface area (Å²) in [6.07, 6.45) is 1.43. The minimum absolute atomic E-state index is 0.111. The summed E-state index contributed by atoms with van der Waals surface area (Å²) in [7, 11) is 1.58. The highest BCUT2D eigenvalue weighted by Gasteiger charge is 2.24. The zero-order chi connectivity index (χ0) is 18.5. The second-order valence-electron chi connectivity index (χ2n) is 6.26. The van der Waals surface area contributed by atoms with Gasteiger partial charge in [0.15, 0.2) is 0 Å². The van der Waals surface area contributed by atoms with Gasteiger partial charge in [-0.1, -0.05) is 18.2 Å². The maximum atomic E-state index is 12.3. The first-order chi connectivity index (χ1) is 12.6. The predicted molar refractivity (Wildman–Crippen MR) is 103 cm³/mol. The van der Waals surface area contributed by atoms with Crippen LogP contribution in [0.2, 0.25) is 0 Å². The van der Waals surface area contributed by atoms with Gasteiger partial charge < -0.3 is 20.3 Å². The first-order valence-electron chi connectivity index (χ1n) is 8.69. The number of amides is 2. The van der Waals surface area contributed by atoms with Gasteiger partial charge in [-0.2, -0.15) is 0 Å². The summed E-state index contributed by atoms with van der Waals surface area (Å²) in [5.41, 5.74) is 2.28. The molecule has 2 aromatic carbocycles. The van der Waals surface area contributed by atoms with Gasteiger partial charge in [0.1, 0.15) is 11.8 Å². The molecule has 1 atom stereocenters. The fraction of sp³-hybridized carbons (Fsp3) is 0.300. The minimum atomic E-state index is -0.431. The zero-order valence-corrected chi connectivity index (χ0v) is 15.0. The second-order valence-corrected chi connectivity index (χ2v) is 6.26. The van der Waals surface area contributed by atoms with Gasteiger partial charge in [0, 0.05) is 30.4 Å². The van der Waals surface area contributed by atoms with Crippen LogP contribution in [-0.2, 0) is 9.59 Å². The van der Waals surface area contributed by atoms with Gasteiger partial charge in [-0.15, -0.1) is 0 Å². The molecule has 3 rings (SSSR count). The average molecular weight is 353 g/mol. The Morgan fingerprint density at radius 2 is 1.92 bits per heavy atom. The van der Waals surface area contributed by atoms with Crippen molar-refractivity contribution in [2.75, 3.05) is 29.2 Å². The van der Waals surface area contributed by atoms with Crippen molar-refractivity contribution in [2.24, 2.45) is 0 Å². The average Bonchev–Trinajstić information content (AvgIpc) is 3.08. The summed E-state index contributed by atoms with van der Waals surface area (Å²) < 4.78 is 5.45. The summed E-state index contributed by atoms with van der Waals surface area (Å²) in [6.45, 7) is 2.50. The lowest BCUT2D eigenvalue weighted by molar-refractivity contribution is -0.117. The van der Waals surface area contributed by atoms with Crippen molar-refractivity contribution in [2.45, 2.75) is 25.8 Å². The normalized spacial score (nSPS) is 14.8. The Balaban J connectivity index is 1.69. The van der Waals surface area contributed by atoms with Crippen molar-refractivity contribution in [3.63, 3.8) is 0 Å². The third kappa shape index (κ3) is 3.96. The second kappa shape index (κ2) is 7.91. The van der Waals surface area contributed by atoms with Crippen LogP contribution in [0.25, 0.3) is 0 Å². The molecule has 136 valence electrons. The van der Waals surface area contributed by atoms with Gasteiger partial charge in [-0.25, -0.2) is 0 Å². The first-order valence-corrected chi connectivity index (χ1v) is 8.69. The third-order valence-electron chi connectivity index (χ3n) is 4.36. The highest BCUT2D eigenvalue weighted by Crippen LogP contribution is 2.34. The Labute approximate surface area is 153 Å². The fourth-order valence-electron chi connectivity index (χ4n) is 2.98. The molecule has 0 aromatic heterocycles. The van der Waals surface area contributed by atoms with E-state index < -0.39 is 6.04 Å². The van der Waals surface area contributed by atoms with E-state index >= 15 is 0 Å². The van der Waals surface area contributed by atoms with Crippen LogP contribution in [0.15, 0.2) is 48.5 Å². The molecule has 0 unspecified atom stereocenters. The van der Waals surface area contributed by atoms with Crippen LogP contribution in [0.5, 0.6) is 5.75 Å². The number of anilines is 3. The number of methoxy groups -OCH3 is 1. The van der Waals surface area contributed by atoms with E-state index in [9.17, 15) is 9.59 Å². The van der Waals surface area contributed by atoms with Crippen LogP contribution in [0, 0.1) is 0 Å². The van der Waals surface area contributed by atoms with Gasteiger partial charge in [0.25, 0.3) is 0 Å². The summed E-state index contributed by atoms with van der Waals surface area (Å²) in [4.78, 5) is 26.0. The van der Waals surface area contributed by atoms with Crippen molar-refractivity contribution in [3.8, 4) is 5.75 Å². The standard InChI is InChI=1S/C20H23N3O3/c1-14(20(25)22-15-7-4-3-5-8-15)21-16-10-11-17(18(13-16)26-2)23-12-6-9-19(23)24/h3-5,7-8,10-11,13-14,21H,6,9,12H2,1-2H3,(H,22,25)/t14-/m0/s1. The lowest BCUT2D eigenvalue weighted by atomic mass is 10.2. The molecule has 0 aliphatic carbocycles. The predicted octanol–water partition coefficient (Wildman–Crippen LogP) is 3.26. The molecule has 2 N–H and O–H groups in total. The quantitative estimate of drug-likeness (QED) is 0.836. The van der Waals surface area contributed by atoms with Crippen LogP contribution in [0.1, 0.15) is 19.8 Å². The number of carbonyl (C=O) groups is 2. The molecule has 1 heterocycles. The molecule has 1 fully saturated rings. The topological polar surface area (TPSA) is 70.7 Å². The Bertz CT molecular complexity index is 792. The molecule has 6 heteroatoms.